The number of phosphoric acid groups is 1. The normalized spacial score (nSPS) is 13.2. The summed E-state index contributed by atoms with van der Waals surface area (Å²) in [5, 5.41) is 0. The second-order valence-corrected chi connectivity index (χ2v) is 13.5. The smallest absolute Gasteiger partial charge is 0.462 e. The lowest BCUT2D eigenvalue weighted by atomic mass is 10.1. The van der Waals surface area contributed by atoms with Crippen LogP contribution in [-0.2, 0) is 28.2 Å². The third-order valence-corrected chi connectivity index (χ3v) is 8.10. The number of esters is 2. The Balaban J connectivity index is 4.03. The van der Waals surface area contributed by atoms with Crippen LogP contribution in [0.15, 0.2) is 60.8 Å². The van der Waals surface area contributed by atoms with Gasteiger partial charge in [-0.25, -0.2) is 4.57 Å². The average Bonchev–Trinajstić information content (AvgIpc) is 3.05. The van der Waals surface area contributed by atoms with Crippen molar-refractivity contribution in [2.45, 2.75) is 161 Å². The van der Waals surface area contributed by atoms with Gasteiger partial charge in [-0.3, -0.25) is 14.1 Å². The molecule has 0 saturated heterocycles. The van der Waals surface area contributed by atoms with E-state index in [2.05, 4.69) is 42.7 Å². The van der Waals surface area contributed by atoms with E-state index < -0.39 is 32.5 Å². The van der Waals surface area contributed by atoms with E-state index >= 15 is 0 Å². The fraction of sp³-hybridized carbons (Fsp3) is 0.692. The highest BCUT2D eigenvalue weighted by atomic mass is 31.2. The number of carbonyl (C=O) groups is 2. The topological polar surface area (TPSA) is 119 Å². The summed E-state index contributed by atoms with van der Waals surface area (Å²) in [5.41, 5.74) is 0. The zero-order valence-corrected chi connectivity index (χ0v) is 31.0. The Labute approximate surface area is 292 Å². The van der Waals surface area contributed by atoms with E-state index in [1.807, 2.05) is 36.5 Å². The van der Waals surface area contributed by atoms with Crippen molar-refractivity contribution in [3.05, 3.63) is 60.8 Å². The molecule has 0 amide bonds. The molecule has 0 aromatic heterocycles. The highest BCUT2D eigenvalue weighted by Crippen LogP contribution is 2.36. The second kappa shape index (κ2) is 34.6. The predicted octanol–water partition coefficient (Wildman–Crippen LogP) is 11.0. The molecule has 0 aromatic rings. The Hall–Kier alpha value is -2.25. The summed E-state index contributed by atoms with van der Waals surface area (Å²) < 4.78 is 26.2. The van der Waals surface area contributed by atoms with E-state index in [-0.39, 0.29) is 19.4 Å². The molecule has 9 heteroatoms. The summed E-state index contributed by atoms with van der Waals surface area (Å²) >= 11 is 0. The van der Waals surface area contributed by atoms with Gasteiger partial charge in [0.2, 0.25) is 0 Å². The second-order valence-electron chi connectivity index (χ2n) is 12.3. The summed E-state index contributed by atoms with van der Waals surface area (Å²) in [7, 11) is -4.76. The SMILES string of the molecule is CC/C=C/C=C/C=C/C=C/CCCCCC(=O)OC(COC(=O)CCCCCCCCC/C=C/CCCCCCCC)COP(=O)(O)O. The summed E-state index contributed by atoms with van der Waals surface area (Å²) in [6, 6.07) is 0. The summed E-state index contributed by atoms with van der Waals surface area (Å²) in [6.45, 7) is 3.48. The number of unbranched alkanes of at least 4 members (excludes halogenated alkanes) is 16. The minimum atomic E-state index is -4.76. The monoisotopic (exact) mass is 694 g/mol. The molecule has 0 fully saturated rings. The van der Waals surface area contributed by atoms with Crippen LogP contribution >= 0.6 is 7.82 Å². The van der Waals surface area contributed by atoms with E-state index in [9.17, 15) is 14.2 Å². The van der Waals surface area contributed by atoms with E-state index in [1.165, 1.54) is 64.2 Å². The zero-order valence-electron chi connectivity index (χ0n) is 30.1. The lowest BCUT2D eigenvalue weighted by Gasteiger charge is -2.18. The molecule has 0 aliphatic rings. The largest absolute Gasteiger partial charge is 0.469 e. The number of ether oxygens (including phenoxy) is 2. The van der Waals surface area contributed by atoms with Crippen LogP contribution in [0.3, 0.4) is 0 Å². The molecule has 0 spiro atoms. The van der Waals surface area contributed by atoms with E-state index in [4.69, 9.17) is 19.3 Å². The molecule has 1 unspecified atom stereocenters. The Kier molecular flexibility index (Phi) is 33.0. The highest BCUT2D eigenvalue weighted by molar-refractivity contribution is 7.46. The lowest BCUT2D eigenvalue weighted by Crippen LogP contribution is -2.29. The van der Waals surface area contributed by atoms with Crippen LogP contribution in [0, 0.1) is 0 Å². The Morgan fingerprint density at radius 2 is 1.02 bits per heavy atom. The molecule has 0 aliphatic carbocycles. The van der Waals surface area contributed by atoms with Crippen molar-refractivity contribution in [1.29, 1.82) is 0 Å². The molecular weight excluding hydrogens is 627 g/mol. The zero-order chi connectivity index (χ0) is 35.4. The van der Waals surface area contributed by atoms with Gasteiger partial charge in [-0.1, -0.05) is 145 Å². The van der Waals surface area contributed by atoms with Gasteiger partial charge in [0, 0.05) is 12.8 Å². The number of hydrogen-bond acceptors (Lipinski definition) is 6. The average molecular weight is 695 g/mol. The fourth-order valence-electron chi connectivity index (χ4n) is 4.85. The van der Waals surface area contributed by atoms with Crippen LogP contribution < -0.4 is 0 Å². The maximum absolute atomic E-state index is 12.3. The molecule has 0 rings (SSSR count). The van der Waals surface area contributed by atoms with Crippen molar-refractivity contribution in [3.8, 4) is 0 Å². The molecule has 48 heavy (non-hydrogen) atoms. The van der Waals surface area contributed by atoms with Crippen molar-refractivity contribution in [3.63, 3.8) is 0 Å². The van der Waals surface area contributed by atoms with Crippen molar-refractivity contribution < 1.29 is 37.9 Å². The van der Waals surface area contributed by atoms with Gasteiger partial charge in [0.15, 0.2) is 6.10 Å². The summed E-state index contributed by atoms with van der Waals surface area (Å²) in [4.78, 5) is 42.6. The predicted molar refractivity (Wildman–Crippen MR) is 197 cm³/mol. The molecule has 0 radical (unpaired) electrons. The van der Waals surface area contributed by atoms with Crippen LogP contribution in [0.5, 0.6) is 0 Å². The van der Waals surface area contributed by atoms with Gasteiger partial charge in [0.1, 0.15) is 6.61 Å². The van der Waals surface area contributed by atoms with Gasteiger partial charge in [0.05, 0.1) is 6.61 Å². The standard InChI is InChI=1S/C39H67O8P/c1-3-5-7-9-11-13-15-17-18-19-20-22-23-25-27-29-31-33-38(40)45-35-37(36-46-48(42,43)44)47-39(41)34-32-30-28-26-24-21-16-14-12-10-8-6-4-2/h6,8,10,12,14,16-18,21,24,37H,3-5,7,9,11,13,15,19-20,22-23,25-36H2,1-2H3,(H2,42,43,44)/b8-6+,12-10+,16-14+,18-17+,24-21+. The van der Waals surface area contributed by atoms with Gasteiger partial charge in [0.25, 0.3) is 0 Å². The first-order valence-corrected chi connectivity index (χ1v) is 20.2. The van der Waals surface area contributed by atoms with Crippen LogP contribution in [-0.4, -0.2) is 41.0 Å². The first-order valence-electron chi connectivity index (χ1n) is 18.6. The minimum absolute atomic E-state index is 0.163. The lowest BCUT2D eigenvalue weighted by molar-refractivity contribution is -0.161. The van der Waals surface area contributed by atoms with Crippen molar-refractivity contribution in [2.24, 2.45) is 0 Å². The first-order chi connectivity index (χ1) is 23.3. The molecule has 0 aromatic carbocycles. The maximum atomic E-state index is 12.3. The molecule has 2 N–H and O–H groups in total. The van der Waals surface area contributed by atoms with Crippen molar-refractivity contribution in [2.75, 3.05) is 13.2 Å². The van der Waals surface area contributed by atoms with E-state index in [0.717, 1.165) is 51.4 Å². The quantitative estimate of drug-likeness (QED) is 0.0229. The molecule has 1 atom stereocenters. The summed E-state index contributed by atoms with van der Waals surface area (Å²) in [6.07, 6.45) is 42.3. The Morgan fingerprint density at radius 3 is 1.58 bits per heavy atom. The number of rotatable bonds is 33. The first kappa shape index (κ1) is 45.8. The molecule has 0 aliphatic heterocycles. The maximum Gasteiger partial charge on any atom is 0.469 e. The molecule has 0 saturated carbocycles. The molecule has 0 bridgehead atoms. The Bertz CT molecular complexity index is 963. The third-order valence-electron chi connectivity index (χ3n) is 7.61. The van der Waals surface area contributed by atoms with E-state index in [1.54, 1.807) is 0 Å². The van der Waals surface area contributed by atoms with Gasteiger partial charge >= 0.3 is 19.8 Å². The van der Waals surface area contributed by atoms with E-state index in [0.29, 0.717) is 12.8 Å². The van der Waals surface area contributed by atoms with Gasteiger partial charge in [-0.05, 0) is 57.8 Å². The van der Waals surface area contributed by atoms with Gasteiger partial charge in [-0.2, -0.15) is 0 Å². The number of phosphoric ester groups is 1. The fourth-order valence-corrected chi connectivity index (χ4v) is 5.21. The van der Waals surface area contributed by atoms with Crippen LogP contribution in [0.2, 0.25) is 0 Å². The number of carbonyl (C=O) groups excluding carboxylic acids is 2. The Morgan fingerprint density at radius 1 is 0.562 bits per heavy atom. The van der Waals surface area contributed by atoms with Gasteiger partial charge in [-0.15, -0.1) is 0 Å². The van der Waals surface area contributed by atoms with Gasteiger partial charge < -0.3 is 19.3 Å². The number of allylic oxidation sites excluding steroid dienone is 10. The number of hydrogen-bond donors (Lipinski definition) is 2. The van der Waals surface area contributed by atoms with Crippen LogP contribution in [0.25, 0.3) is 0 Å². The minimum Gasteiger partial charge on any atom is -0.462 e. The van der Waals surface area contributed by atoms with Crippen LogP contribution in [0.4, 0.5) is 0 Å². The van der Waals surface area contributed by atoms with Crippen LogP contribution in [0.1, 0.15) is 155 Å². The van der Waals surface area contributed by atoms with Crippen molar-refractivity contribution in [1.82, 2.24) is 0 Å². The molecule has 276 valence electrons. The molecule has 0 heterocycles. The highest BCUT2D eigenvalue weighted by Gasteiger charge is 2.22. The summed E-state index contributed by atoms with van der Waals surface area (Å²) in [5.74, 6) is -0.941. The third kappa shape index (κ3) is 36.6. The molecular formula is C39H67O8P. The van der Waals surface area contributed by atoms with Crippen molar-refractivity contribution >= 4 is 19.8 Å². The molecule has 8 nitrogen and oxygen atoms in total.